The predicted octanol–water partition coefficient (Wildman–Crippen LogP) is 3.25. The largest absolute Gasteiger partial charge is 0.481 e. The van der Waals surface area contributed by atoms with Gasteiger partial charge in [-0.05, 0) is 49.4 Å². The number of carbonyl (C=O) groups is 1. The summed E-state index contributed by atoms with van der Waals surface area (Å²) in [5.74, 6) is -0.406. The number of hydrogen-bond acceptors (Lipinski definition) is 3. The van der Waals surface area contributed by atoms with Crippen LogP contribution >= 0.6 is 0 Å². The standard InChI is InChI=1S/C20H30O4/c1-4-8-19-10-12(2)5-6-13(19)20-9-7-14(21)18(3,11-24-20)16(20)15(19)17(22)23/h4,12-16,21H,1,5-11H2,2-3H3,(H,22,23). The van der Waals surface area contributed by atoms with Crippen LogP contribution in [0.4, 0.5) is 0 Å². The Hall–Kier alpha value is -0.870. The predicted molar refractivity (Wildman–Crippen MR) is 90.4 cm³/mol. The third-order valence-corrected chi connectivity index (χ3v) is 8.16. The highest BCUT2D eigenvalue weighted by Crippen LogP contribution is 2.74. The fourth-order valence-electron chi connectivity index (χ4n) is 7.45. The van der Waals surface area contributed by atoms with Crippen molar-refractivity contribution >= 4 is 5.97 Å². The van der Waals surface area contributed by atoms with Crippen LogP contribution in [0.5, 0.6) is 0 Å². The van der Waals surface area contributed by atoms with Gasteiger partial charge in [0.05, 0.1) is 24.2 Å². The van der Waals surface area contributed by atoms with Gasteiger partial charge in [-0.15, -0.1) is 6.58 Å². The first-order valence-electron chi connectivity index (χ1n) is 9.47. The molecule has 0 aromatic carbocycles. The molecule has 0 aromatic rings. The highest BCUT2D eigenvalue weighted by molar-refractivity contribution is 5.73. The minimum atomic E-state index is -0.700. The molecule has 8 unspecified atom stereocenters. The van der Waals surface area contributed by atoms with Crippen LogP contribution in [0.1, 0.15) is 52.4 Å². The Morgan fingerprint density at radius 3 is 2.79 bits per heavy atom. The number of aliphatic hydroxyl groups is 1. The van der Waals surface area contributed by atoms with Crippen molar-refractivity contribution in [3.63, 3.8) is 0 Å². The number of fused-ring (bicyclic) bond motifs is 1. The lowest BCUT2D eigenvalue weighted by atomic mass is 9.57. The molecule has 24 heavy (non-hydrogen) atoms. The highest BCUT2D eigenvalue weighted by atomic mass is 16.5. The highest BCUT2D eigenvalue weighted by Gasteiger charge is 2.78. The summed E-state index contributed by atoms with van der Waals surface area (Å²) >= 11 is 0. The Labute approximate surface area is 144 Å². The Balaban J connectivity index is 1.91. The Kier molecular flexibility index (Phi) is 3.51. The van der Waals surface area contributed by atoms with E-state index in [1.807, 2.05) is 6.08 Å². The maximum Gasteiger partial charge on any atom is 0.307 e. The van der Waals surface area contributed by atoms with Crippen LogP contribution in [-0.2, 0) is 9.53 Å². The molecule has 0 aromatic heterocycles. The molecule has 134 valence electrons. The molecule has 1 heterocycles. The molecule has 1 aliphatic heterocycles. The topological polar surface area (TPSA) is 66.8 Å². The summed E-state index contributed by atoms with van der Waals surface area (Å²) in [4.78, 5) is 12.5. The molecular formula is C20H30O4. The van der Waals surface area contributed by atoms with Crippen molar-refractivity contribution < 1.29 is 19.7 Å². The first kappa shape index (κ1) is 16.6. The van der Waals surface area contributed by atoms with E-state index in [1.54, 1.807) is 0 Å². The normalized spacial score (nSPS) is 55.7. The average Bonchev–Trinajstić information content (AvgIpc) is 2.89. The number of carboxylic acids is 1. The third kappa shape index (κ3) is 1.74. The lowest BCUT2D eigenvalue weighted by Gasteiger charge is -2.48. The molecule has 4 rings (SSSR count). The van der Waals surface area contributed by atoms with Crippen molar-refractivity contribution in [2.45, 2.75) is 64.1 Å². The Morgan fingerprint density at radius 2 is 2.12 bits per heavy atom. The molecule has 8 atom stereocenters. The van der Waals surface area contributed by atoms with Gasteiger partial charge in [0.1, 0.15) is 0 Å². The van der Waals surface area contributed by atoms with E-state index < -0.39 is 23.4 Å². The number of allylic oxidation sites excluding steroid dienone is 1. The fraction of sp³-hybridized carbons (Fsp3) is 0.850. The summed E-state index contributed by atoms with van der Waals surface area (Å²) < 4.78 is 6.46. The van der Waals surface area contributed by atoms with E-state index in [0.29, 0.717) is 12.5 Å². The van der Waals surface area contributed by atoms with Crippen LogP contribution in [0.3, 0.4) is 0 Å². The minimum absolute atomic E-state index is 0.0819. The molecule has 4 nitrogen and oxygen atoms in total. The van der Waals surface area contributed by atoms with E-state index >= 15 is 0 Å². The van der Waals surface area contributed by atoms with Gasteiger partial charge in [-0.3, -0.25) is 4.79 Å². The monoisotopic (exact) mass is 334 g/mol. The van der Waals surface area contributed by atoms with Gasteiger partial charge in [-0.25, -0.2) is 0 Å². The molecule has 4 heteroatoms. The minimum Gasteiger partial charge on any atom is -0.481 e. The second-order valence-electron chi connectivity index (χ2n) is 9.26. The van der Waals surface area contributed by atoms with Crippen LogP contribution < -0.4 is 0 Å². The maximum absolute atomic E-state index is 12.5. The third-order valence-electron chi connectivity index (χ3n) is 8.16. The van der Waals surface area contributed by atoms with Crippen molar-refractivity contribution in [3.8, 4) is 0 Å². The van der Waals surface area contributed by atoms with E-state index in [0.717, 1.165) is 38.5 Å². The second kappa shape index (κ2) is 5.07. The lowest BCUT2D eigenvalue weighted by Crippen LogP contribution is -2.52. The summed E-state index contributed by atoms with van der Waals surface area (Å²) in [7, 11) is 0. The quantitative estimate of drug-likeness (QED) is 0.778. The van der Waals surface area contributed by atoms with Gasteiger partial charge in [0.2, 0.25) is 0 Å². The zero-order valence-corrected chi connectivity index (χ0v) is 14.8. The van der Waals surface area contributed by atoms with Crippen molar-refractivity contribution in [1.29, 1.82) is 0 Å². The van der Waals surface area contributed by atoms with Crippen LogP contribution in [-0.4, -0.2) is 34.5 Å². The zero-order chi connectivity index (χ0) is 17.3. The van der Waals surface area contributed by atoms with Gasteiger partial charge in [0, 0.05) is 11.3 Å². The second-order valence-corrected chi connectivity index (χ2v) is 9.26. The SMILES string of the molecule is C=CCC12CC(C)CCC1C13CCC(O)C(C)(CO1)C3C2C(=O)O. The van der Waals surface area contributed by atoms with Crippen LogP contribution in [0.25, 0.3) is 0 Å². The van der Waals surface area contributed by atoms with Gasteiger partial charge in [0.25, 0.3) is 0 Å². The summed E-state index contributed by atoms with van der Waals surface area (Å²) in [6, 6.07) is 0. The smallest absolute Gasteiger partial charge is 0.307 e. The summed E-state index contributed by atoms with van der Waals surface area (Å²) in [5.41, 5.74) is -1.04. The molecule has 3 saturated carbocycles. The molecule has 0 spiro atoms. The maximum atomic E-state index is 12.5. The molecule has 0 amide bonds. The van der Waals surface area contributed by atoms with Gasteiger partial charge in [-0.2, -0.15) is 0 Å². The summed E-state index contributed by atoms with van der Waals surface area (Å²) in [6.45, 7) is 8.76. The molecule has 2 bridgehead atoms. The Bertz CT molecular complexity index is 570. The van der Waals surface area contributed by atoms with Crippen LogP contribution in [0, 0.1) is 34.5 Å². The van der Waals surface area contributed by atoms with E-state index in [-0.39, 0.29) is 22.9 Å². The van der Waals surface area contributed by atoms with E-state index in [4.69, 9.17) is 4.74 Å². The van der Waals surface area contributed by atoms with Crippen LogP contribution in [0.15, 0.2) is 12.7 Å². The number of hydrogen-bond donors (Lipinski definition) is 2. The molecule has 0 radical (unpaired) electrons. The number of rotatable bonds is 3. The van der Waals surface area contributed by atoms with Crippen molar-refractivity contribution in [2.24, 2.45) is 34.5 Å². The van der Waals surface area contributed by atoms with Crippen molar-refractivity contribution in [2.75, 3.05) is 6.61 Å². The van der Waals surface area contributed by atoms with E-state index in [1.165, 1.54) is 0 Å². The molecule has 3 aliphatic carbocycles. The molecule has 2 N–H and O–H groups in total. The lowest BCUT2D eigenvalue weighted by molar-refractivity contribution is -0.154. The Morgan fingerprint density at radius 1 is 1.38 bits per heavy atom. The first-order valence-corrected chi connectivity index (χ1v) is 9.47. The average molecular weight is 334 g/mol. The molecule has 4 fully saturated rings. The molecule has 1 saturated heterocycles. The number of aliphatic carboxylic acids is 1. The van der Waals surface area contributed by atoms with Gasteiger partial charge < -0.3 is 14.9 Å². The number of ether oxygens (including phenoxy) is 1. The molecule has 4 aliphatic rings. The summed E-state index contributed by atoms with van der Waals surface area (Å²) in [6.07, 6.45) is 6.86. The van der Waals surface area contributed by atoms with Crippen molar-refractivity contribution in [1.82, 2.24) is 0 Å². The number of aliphatic hydroxyl groups excluding tert-OH is 1. The fourth-order valence-corrected chi connectivity index (χ4v) is 7.45. The van der Waals surface area contributed by atoms with Gasteiger partial charge in [0.15, 0.2) is 0 Å². The number of carboxylic acid groups (broad SMARTS) is 1. The van der Waals surface area contributed by atoms with E-state index in [9.17, 15) is 15.0 Å². The van der Waals surface area contributed by atoms with E-state index in [2.05, 4.69) is 20.4 Å². The van der Waals surface area contributed by atoms with Crippen LogP contribution in [0.2, 0.25) is 0 Å². The van der Waals surface area contributed by atoms with Gasteiger partial charge in [-0.1, -0.05) is 26.3 Å². The summed E-state index contributed by atoms with van der Waals surface area (Å²) in [5, 5.41) is 21.0. The zero-order valence-electron chi connectivity index (χ0n) is 14.8. The molecular weight excluding hydrogens is 304 g/mol. The first-order chi connectivity index (χ1) is 11.3. The van der Waals surface area contributed by atoms with Gasteiger partial charge >= 0.3 is 5.97 Å². The van der Waals surface area contributed by atoms with Crippen molar-refractivity contribution in [3.05, 3.63) is 12.7 Å².